The van der Waals surface area contributed by atoms with Crippen LogP contribution in [0.1, 0.15) is 40.3 Å². The van der Waals surface area contributed by atoms with Gasteiger partial charge in [-0.05, 0) is 61.9 Å². The van der Waals surface area contributed by atoms with E-state index < -0.39 is 12.2 Å². The van der Waals surface area contributed by atoms with Gasteiger partial charge >= 0.3 is 0 Å². The molecule has 0 bridgehead atoms. The number of hydrogen-bond acceptors (Lipinski definition) is 2. The smallest absolute Gasteiger partial charge is 0.105 e. The van der Waals surface area contributed by atoms with Crippen molar-refractivity contribution in [2.45, 2.75) is 46.3 Å². The molecule has 3 heteroatoms. The zero-order valence-electron chi connectivity index (χ0n) is 10.9. The number of aliphatic hydroxyl groups excluding tert-OH is 2. The van der Waals surface area contributed by atoms with Crippen LogP contribution in [-0.2, 0) is 0 Å². The molecule has 1 aromatic carbocycles. The molecule has 0 saturated carbocycles. The molecule has 0 aromatic heterocycles. The lowest BCUT2D eigenvalue weighted by Gasteiger charge is -2.23. The number of aryl methyl sites for hydroxylation is 2. The summed E-state index contributed by atoms with van der Waals surface area (Å²) in [4.78, 5) is 0. The van der Waals surface area contributed by atoms with E-state index in [4.69, 9.17) is 11.6 Å². The summed E-state index contributed by atoms with van der Waals surface area (Å²) in [7, 11) is 0. The minimum atomic E-state index is -0.854. The molecule has 0 aliphatic carbocycles. The molecule has 17 heavy (non-hydrogen) atoms. The maximum absolute atomic E-state index is 10.2. The molecule has 2 unspecified atom stereocenters. The van der Waals surface area contributed by atoms with Gasteiger partial charge in [0.2, 0.25) is 0 Å². The monoisotopic (exact) mass is 256 g/mol. The third kappa shape index (κ3) is 3.01. The van der Waals surface area contributed by atoms with Crippen molar-refractivity contribution in [1.29, 1.82) is 0 Å². The molecule has 0 saturated heterocycles. The molecule has 2 nitrogen and oxygen atoms in total. The molecule has 0 aliphatic heterocycles. The molecule has 2 N–H and O–H groups in total. The Labute approximate surface area is 108 Å². The number of hydrogen-bond donors (Lipinski definition) is 2. The van der Waals surface area contributed by atoms with E-state index in [9.17, 15) is 10.2 Å². The maximum Gasteiger partial charge on any atom is 0.105 e. The number of rotatable bonds is 4. The van der Waals surface area contributed by atoms with E-state index in [1.165, 1.54) is 0 Å². The molecule has 0 heterocycles. The molecule has 0 radical (unpaired) electrons. The van der Waals surface area contributed by atoms with Gasteiger partial charge in [0.05, 0.1) is 6.10 Å². The van der Waals surface area contributed by atoms with Gasteiger partial charge in [0, 0.05) is 5.88 Å². The van der Waals surface area contributed by atoms with Crippen molar-refractivity contribution in [1.82, 2.24) is 0 Å². The molecular weight excluding hydrogens is 236 g/mol. The third-order valence-electron chi connectivity index (χ3n) is 3.49. The van der Waals surface area contributed by atoms with Crippen molar-refractivity contribution in [2.75, 3.05) is 5.88 Å². The van der Waals surface area contributed by atoms with Crippen LogP contribution in [-0.4, -0.2) is 22.2 Å². The number of alkyl halides is 1. The average molecular weight is 257 g/mol. The Morgan fingerprint density at radius 1 is 1.06 bits per heavy atom. The van der Waals surface area contributed by atoms with E-state index >= 15 is 0 Å². The number of aliphatic hydroxyl groups is 2. The van der Waals surface area contributed by atoms with Crippen LogP contribution < -0.4 is 0 Å². The van der Waals surface area contributed by atoms with Crippen molar-refractivity contribution >= 4 is 11.6 Å². The molecule has 96 valence electrons. The molecule has 1 aromatic rings. The van der Waals surface area contributed by atoms with Crippen LogP contribution in [0.15, 0.2) is 6.07 Å². The second kappa shape index (κ2) is 5.85. The summed E-state index contributed by atoms with van der Waals surface area (Å²) >= 11 is 5.60. The Morgan fingerprint density at radius 3 is 1.94 bits per heavy atom. The van der Waals surface area contributed by atoms with E-state index in [1.807, 2.05) is 27.7 Å². The van der Waals surface area contributed by atoms with Crippen molar-refractivity contribution in [3.8, 4) is 0 Å². The summed E-state index contributed by atoms with van der Waals surface area (Å²) in [5.74, 6) is 0.348. The molecule has 0 fully saturated rings. The van der Waals surface area contributed by atoms with Gasteiger partial charge in [-0.25, -0.2) is 0 Å². The molecule has 0 aliphatic rings. The fourth-order valence-electron chi connectivity index (χ4n) is 2.15. The van der Waals surface area contributed by atoms with Crippen LogP contribution in [0, 0.1) is 27.7 Å². The normalized spacial score (nSPS) is 14.8. The summed E-state index contributed by atoms with van der Waals surface area (Å²) < 4.78 is 0. The van der Waals surface area contributed by atoms with Crippen LogP contribution >= 0.6 is 11.6 Å². The highest BCUT2D eigenvalue weighted by atomic mass is 35.5. The van der Waals surface area contributed by atoms with Crippen LogP contribution in [0.25, 0.3) is 0 Å². The van der Waals surface area contributed by atoms with Crippen molar-refractivity contribution < 1.29 is 10.2 Å². The summed E-state index contributed by atoms with van der Waals surface area (Å²) in [5.41, 5.74) is 5.23. The van der Waals surface area contributed by atoms with Crippen LogP contribution in [0.5, 0.6) is 0 Å². The summed E-state index contributed by atoms with van der Waals surface area (Å²) in [5, 5.41) is 20.1. The number of halogens is 1. The predicted molar refractivity (Wildman–Crippen MR) is 71.7 cm³/mol. The van der Waals surface area contributed by atoms with E-state index in [0.717, 1.165) is 27.8 Å². The molecule has 0 amide bonds. The van der Waals surface area contributed by atoms with Gasteiger partial charge in [-0.3, -0.25) is 0 Å². The first-order valence-corrected chi connectivity index (χ1v) is 6.43. The first kappa shape index (κ1) is 14.5. The van der Waals surface area contributed by atoms with Gasteiger partial charge in [0.15, 0.2) is 0 Å². The molecule has 1 rings (SSSR count). The highest BCUT2D eigenvalue weighted by Crippen LogP contribution is 2.30. The summed E-state index contributed by atoms with van der Waals surface area (Å²) in [6, 6.07) is 2.11. The minimum absolute atomic E-state index is 0.348. The Bertz CT molecular complexity index is 375. The molecule has 0 spiro atoms. The number of benzene rings is 1. The van der Waals surface area contributed by atoms with Gasteiger partial charge in [-0.15, -0.1) is 11.6 Å². The largest absolute Gasteiger partial charge is 0.390 e. The first-order chi connectivity index (χ1) is 7.90. The second-order valence-corrected chi connectivity index (χ2v) is 5.04. The van der Waals surface area contributed by atoms with Crippen molar-refractivity contribution in [3.63, 3.8) is 0 Å². The minimum Gasteiger partial charge on any atom is -0.390 e. The standard InChI is InChI=1S/C14H21ClO2/c1-8-7-9(2)11(4)13(10(8)3)14(17)12(16)5-6-15/h7,12,14,16-17H,5-6H2,1-4H3. The summed E-state index contributed by atoms with van der Waals surface area (Å²) in [6.45, 7) is 8.00. The SMILES string of the molecule is Cc1cc(C)c(C)c(C(O)C(O)CCCl)c1C. The molecular formula is C14H21ClO2. The van der Waals surface area contributed by atoms with E-state index in [2.05, 4.69) is 6.07 Å². The van der Waals surface area contributed by atoms with Gasteiger partial charge in [-0.1, -0.05) is 6.07 Å². The van der Waals surface area contributed by atoms with Crippen molar-refractivity contribution in [3.05, 3.63) is 33.9 Å². The maximum atomic E-state index is 10.2. The Morgan fingerprint density at radius 2 is 1.53 bits per heavy atom. The predicted octanol–water partition coefficient (Wildman–Crippen LogP) is 2.94. The lowest BCUT2D eigenvalue weighted by atomic mass is 9.88. The Balaban J connectivity index is 3.20. The quantitative estimate of drug-likeness (QED) is 0.814. The van der Waals surface area contributed by atoms with Gasteiger partial charge in [-0.2, -0.15) is 0 Å². The van der Waals surface area contributed by atoms with Crippen LogP contribution in [0.2, 0.25) is 0 Å². The van der Waals surface area contributed by atoms with Gasteiger partial charge in [0.25, 0.3) is 0 Å². The van der Waals surface area contributed by atoms with E-state index in [0.29, 0.717) is 12.3 Å². The van der Waals surface area contributed by atoms with Gasteiger partial charge < -0.3 is 10.2 Å². The zero-order valence-corrected chi connectivity index (χ0v) is 11.7. The third-order valence-corrected chi connectivity index (χ3v) is 3.71. The topological polar surface area (TPSA) is 40.5 Å². The van der Waals surface area contributed by atoms with Crippen molar-refractivity contribution in [2.24, 2.45) is 0 Å². The Kier molecular flexibility index (Phi) is 4.99. The highest BCUT2D eigenvalue weighted by Gasteiger charge is 2.22. The highest BCUT2D eigenvalue weighted by molar-refractivity contribution is 6.17. The van der Waals surface area contributed by atoms with Gasteiger partial charge in [0.1, 0.15) is 6.10 Å². The Hall–Kier alpha value is -0.570. The van der Waals surface area contributed by atoms with Crippen LogP contribution in [0.4, 0.5) is 0 Å². The molecule has 2 atom stereocenters. The zero-order chi connectivity index (χ0) is 13.2. The fourth-order valence-corrected chi connectivity index (χ4v) is 2.38. The second-order valence-electron chi connectivity index (χ2n) is 4.66. The van der Waals surface area contributed by atoms with Crippen LogP contribution in [0.3, 0.4) is 0 Å². The van der Waals surface area contributed by atoms with E-state index in [-0.39, 0.29) is 0 Å². The average Bonchev–Trinajstić information content (AvgIpc) is 2.27. The summed E-state index contributed by atoms with van der Waals surface area (Å²) in [6.07, 6.45) is -1.26. The lowest BCUT2D eigenvalue weighted by Crippen LogP contribution is -2.21. The first-order valence-electron chi connectivity index (χ1n) is 5.89. The lowest BCUT2D eigenvalue weighted by molar-refractivity contribution is 0.0162. The van der Waals surface area contributed by atoms with E-state index in [1.54, 1.807) is 0 Å². The fraction of sp³-hybridized carbons (Fsp3) is 0.571.